The lowest BCUT2D eigenvalue weighted by atomic mass is 10.1. The molecule has 4 aromatic rings. The molecule has 1 saturated heterocycles. The maximum Gasteiger partial charge on any atom is 0.408 e. The number of fused-ring (bicyclic) bond motifs is 1. The van der Waals surface area contributed by atoms with Crippen LogP contribution in [0.5, 0.6) is 11.5 Å². The number of hydrogen-bond acceptors (Lipinski definition) is 11. The van der Waals surface area contributed by atoms with E-state index in [1.54, 1.807) is 51.1 Å². The van der Waals surface area contributed by atoms with E-state index >= 15 is 0 Å². The van der Waals surface area contributed by atoms with Crippen LogP contribution in [0.3, 0.4) is 0 Å². The van der Waals surface area contributed by atoms with Gasteiger partial charge in [0, 0.05) is 54.8 Å². The molecule has 1 aliphatic heterocycles. The average Bonchev–Trinajstić information content (AvgIpc) is 4.18. The van der Waals surface area contributed by atoms with E-state index in [2.05, 4.69) is 32.1 Å². The Balaban J connectivity index is 1.22. The van der Waals surface area contributed by atoms with Gasteiger partial charge in [-0.2, -0.15) is 0 Å². The van der Waals surface area contributed by atoms with Crippen LogP contribution in [0.4, 0.5) is 4.79 Å². The minimum atomic E-state index is -4.35. The Bertz CT molecular complexity index is 2650. The van der Waals surface area contributed by atoms with Crippen molar-refractivity contribution in [1.82, 2.24) is 30.6 Å². The Morgan fingerprint density at radius 3 is 2.30 bits per heavy atom. The third kappa shape index (κ3) is 9.64. The summed E-state index contributed by atoms with van der Waals surface area (Å²) in [5, 5.41) is 8.52. The van der Waals surface area contributed by atoms with Crippen molar-refractivity contribution in [2.75, 3.05) is 20.2 Å². The average molecular weight is 892 g/mol. The normalized spacial score (nSPS) is 21.3. The van der Waals surface area contributed by atoms with Gasteiger partial charge in [-0.05, 0) is 51.5 Å². The lowest BCUT2D eigenvalue weighted by Crippen LogP contribution is -2.60. The van der Waals surface area contributed by atoms with Gasteiger partial charge >= 0.3 is 17.5 Å². The second-order valence-electron chi connectivity index (χ2n) is 17.0. The van der Waals surface area contributed by atoms with Gasteiger partial charge < -0.3 is 35.1 Å². The van der Waals surface area contributed by atoms with Gasteiger partial charge in [0.2, 0.25) is 11.8 Å². The number of amides is 5. The first-order valence-corrected chi connectivity index (χ1v) is 22.1. The summed E-state index contributed by atoms with van der Waals surface area (Å²) in [6, 6.07) is 20.8. The molecule has 3 aliphatic rings. The van der Waals surface area contributed by atoms with Gasteiger partial charge in [0.25, 0.3) is 15.9 Å². The second-order valence-corrected chi connectivity index (χ2v) is 18.7. The SMILES string of the molecule is [C-]#[N+]C1(C(=O)NC[C@H](NC(=O)OC(C)(C)C)C(=O)N2C[C@H](Oc3cc(-c4ccccc4)nc4cc(OC)ccc34)C[C@H]2C(=O)N[C@]2(C(=O)NS(=O)(=O)c3ccccc3)C[C@H]2C=C)CC1. The molecule has 0 unspecified atom stereocenters. The Morgan fingerprint density at radius 1 is 1.00 bits per heavy atom. The highest BCUT2D eigenvalue weighted by Crippen LogP contribution is 2.45. The van der Waals surface area contributed by atoms with Crippen molar-refractivity contribution in [3.05, 3.63) is 109 Å². The first kappa shape index (κ1) is 45.0. The number of hydrogen-bond donors (Lipinski definition) is 4. The monoisotopic (exact) mass is 891 g/mol. The van der Waals surface area contributed by atoms with Gasteiger partial charge in [-0.25, -0.2) is 29.5 Å². The van der Waals surface area contributed by atoms with E-state index in [1.165, 1.54) is 42.4 Å². The zero-order valence-corrected chi connectivity index (χ0v) is 36.6. The maximum atomic E-state index is 14.8. The molecule has 2 aliphatic carbocycles. The molecule has 2 heterocycles. The molecule has 4 N–H and O–H groups in total. The second kappa shape index (κ2) is 17.6. The molecule has 0 radical (unpaired) electrons. The minimum absolute atomic E-state index is 0.0192. The van der Waals surface area contributed by atoms with E-state index in [9.17, 15) is 32.4 Å². The van der Waals surface area contributed by atoms with E-state index in [-0.39, 0.29) is 24.3 Å². The summed E-state index contributed by atoms with van der Waals surface area (Å²) >= 11 is 0. The lowest BCUT2D eigenvalue weighted by Gasteiger charge is -2.30. The fraction of sp³-hybridized carbons (Fsp3) is 0.370. The van der Waals surface area contributed by atoms with E-state index in [0.29, 0.717) is 40.9 Å². The lowest BCUT2D eigenvalue weighted by molar-refractivity contribution is -0.141. The number of ether oxygens (including phenoxy) is 3. The molecule has 5 atom stereocenters. The fourth-order valence-electron chi connectivity index (χ4n) is 7.64. The molecule has 5 amide bonds. The number of carbonyl (C=O) groups is 5. The molecule has 0 bridgehead atoms. The van der Waals surface area contributed by atoms with Crippen LogP contribution in [0.25, 0.3) is 27.0 Å². The number of nitrogens with zero attached hydrogens (tertiary/aromatic N) is 3. The van der Waals surface area contributed by atoms with Crippen molar-refractivity contribution in [3.63, 3.8) is 0 Å². The number of alkyl carbamates (subject to hydrolysis) is 1. The smallest absolute Gasteiger partial charge is 0.408 e. The Hall–Kier alpha value is -7.00. The molecule has 334 valence electrons. The number of nitrogens with one attached hydrogen (secondary N) is 4. The van der Waals surface area contributed by atoms with Gasteiger partial charge in [-0.1, -0.05) is 54.6 Å². The summed E-state index contributed by atoms with van der Waals surface area (Å²) in [5.74, 6) is -2.95. The van der Waals surface area contributed by atoms with E-state index in [4.69, 9.17) is 25.8 Å². The fourth-order valence-corrected chi connectivity index (χ4v) is 8.70. The number of carbonyl (C=O) groups excluding carboxylic acids is 5. The van der Waals surface area contributed by atoms with Crippen molar-refractivity contribution in [2.24, 2.45) is 5.92 Å². The molecule has 7 rings (SSSR count). The number of aromatic nitrogens is 1. The summed E-state index contributed by atoms with van der Waals surface area (Å²) in [5.41, 5.74) is -2.06. The summed E-state index contributed by atoms with van der Waals surface area (Å²) in [7, 11) is -2.81. The Labute approximate surface area is 370 Å². The molecule has 3 fully saturated rings. The first-order chi connectivity index (χ1) is 30.4. The molecule has 1 aromatic heterocycles. The van der Waals surface area contributed by atoms with Crippen LogP contribution in [0, 0.1) is 12.5 Å². The number of methoxy groups -OCH3 is 1. The quantitative estimate of drug-likeness (QED) is 0.0976. The highest BCUT2D eigenvalue weighted by atomic mass is 32.2. The highest BCUT2D eigenvalue weighted by molar-refractivity contribution is 7.90. The van der Waals surface area contributed by atoms with Crippen LogP contribution >= 0.6 is 0 Å². The predicted molar refractivity (Wildman–Crippen MR) is 234 cm³/mol. The molecular weight excluding hydrogens is 843 g/mol. The van der Waals surface area contributed by atoms with Gasteiger partial charge in [0.1, 0.15) is 40.8 Å². The maximum absolute atomic E-state index is 14.8. The van der Waals surface area contributed by atoms with Crippen molar-refractivity contribution < 1.29 is 46.6 Å². The van der Waals surface area contributed by atoms with Crippen molar-refractivity contribution in [1.29, 1.82) is 0 Å². The van der Waals surface area contributed by atoms with Gasteiger partial charge in [0.15, 0.2) is 0 Å². The van der Waals surface area contributed by atoms with Crippen LogP contribution in [-0.4, -0.2) is 103 Å². The first-order valence-electron chi connectivity index (χ1n) is 20.7. The molecule has 3 aromatic carbocycles. The number of sulfonamides is 1. The summed E-state index contributed by atoms with van der Waals surface area (Å²) < 4.78 is 46.2. The molecule has 0 spiro atoms. The van der Waals surface area contributed by atoms with Gasteiger partial charge in [-0.3, -0.25) is 24.0 Å². The van der Waals surface area contributed by atoms with Crippen LogP contribution < -0.4 is 30.1 Å². The van der Waals surface area contributed by atoms with E-state index < -0.39 is 87.1 Å². The van der Waals surface area contributed by atoms with Crippen molar-refractivity contribution in [2.45, 2.75) is 86.2 Å². The van der Waals surface area contributed by atoms with E-state index in [0.717, 1.165) is 5.56 Å². The molecule has 2 saturated carbocycles. The van der Waals surface area contributed by atoms with Crippen LogP contribution in [-0.2, 0) is 33.9 Å². The van der Waals surface area contributed by atoms with Gasteiger partial charge in [-0.15, -0.1) is 6.58 Å². The Morgan fingerprint density at radius 2 is 1.69 bits per heavy atom. The number of pyridine rings is 1. The number of likely N-dealkylation sites (tertiary alicyclic amines) is 1. The summed E-state index contributed by atoms with van der Waals surface area (Å²) in [6.45, 7) is 15.5. The number of benzene rings is 3. The molecular formula is C46H49N7O10S. The zero-order valence-electron chi connectivity index (χ0n) is 35.8. The number of rotatable bonds is 15. The van der Waals surface area contributed by atoms with Crippen LogP contribution in [0.15, 0.2) is 102 Å². The molecule has 64 heavy (non-hydrogen) atoms. The minimum Gasteiger partial charge on any atom is -0.497 e. The van der Waals surface area contributed by atoms with Crippen LogP contribution in [0.2, 0.25) is 0 Å². The highest BCUT2D eigenvalue weighted by Gasteiger charge is 2.62. The summed E-state index contributed by atoms with van der Waals surface area (Å²) in [6.07, 6.45) is 0.157. The van der Waals surface area contributed by atoms with Crippen molar-refractivity contribution >= 4 is 50.6 Å². The largest absolute Gasteiger partial charge is 0.497 e. The third-order valence-electron chi connectivity index (χ3n) is 11.3. The standard InChI is InChI=1S/C46H49N7O10S/c1-7-29-25-46(29,42(57)52-64(59,60)32-16-12-9-13-17-32)51-39(54)37-23-31(62-38-24-34(28-14-10-8-11-15-28)49-35-22-30(61-6)18-19-33(35)38)27-53(37)40(55)36(50-43(58)63-44(2,3)4)26-48-41(56)45(47-5)20-21-45/h7-19,22,24,29,31,36-37H,1,20-21,23,25-27H2,2-4,6H3,(H,48,56)(H,50,58)(H,51,54)(H,52,57)/t29-,31-,36+,37+,46-/m1/s1. The van der Waals surface area contributed by atoms with Crippen molar-refractivity contribution in [3.8, 4) is 22.8 Å². The van der Waals surface area contributed by atoms with Crippen LogP contribution in [0.1, 0.15) is 46.5 Å². The third-order valence-corrected chi connectivity index (χ3v) is 12.7. The topological polar surface area (TPSA) is 216 Å². The van der Waals surface area contributed by atoms with E-state index in [1.807, 2.05) is 30.3 Å². The predicted octanol–water partition coefficient (Wildman–Crippen LogP) is 4.29. The molecule has 18 heteroatoms. The summed E-state index contributed by atoms with van der Waals surface area (Å²) in [4.78, 5) is 79.0. The molecule has 17 nitrogen and oxygen atoms in total. The Kier molecular flexibility index (Phi) is 12.4. The zero-order chi connectivity index (χ0) is 46.0. The van der Waals surface area contributed by atoms with Gasteiger partial charge in [0.05, 0.1) is 29.8 Å².